The van der Waals surface area contributed by atoms with Crippen LogP contribution in [-0.2, 0) is 0 Å². The predicted octanol–water partition coefficient (Wildman–Crippen LogP) is 7.11. The Bertz CT molecular complexity index is 1260. The Balaban J connectivity index is 1.76. The summed E-state index contributed by atoms with van der Waals surface area (Å²) >= 11 is 6.21. The number of aromatic nitrogens is 1. The van der Waals surface area contributed by atoms with Gasteiger partial charge in [0.25, 0.3) is 0 Å². The topological polar surface area (TPSA) is 45.6 Å². The molecule has 3 aromatic rings. The molecule has 176 valence electrons. The highest BCUT2D eigenvalue weighted by Crippen LogP contribution is 2.45. The monoisotopic (exact) mass is 493 g/mol. The molecule has 0 N–H and O–H groups in total. The summed E-state index contributed by atoms with van der Waals surface area (Å²) in [5, 5.41) is 4.87. The highest BCUT2D eigenvalue weighted by Gasteiger charge is 2.63. The summed E-state index contributed by atoms with van der Waals surface area (Å²) in [6.07, 6.45) is -6.49. The minimum Gasteiger partial charge on any atom is -0.295 e. The number of Topliss-reactive ketones (excluding diaryl/α,β-unsaturated/α-hetero) is 1. The van der Waals surface area contributed by atoms with Gasteiger partial charge in [-0.2, -0.15) is 27.1 Å². The summed E-state index contributed by atoms with van der Waals surface area (Å²) in [5.74, 6) is -5.22. The average Bonchev–Trinajstić information content (AvgIpc) is 3.25. The zero-order chi connectivity index (χ0) is 24.7. The van der Waals surface area contributed by atoms with Gasteiger partial charge in [0.05, 0.1) is 22.1 Å². The number of alkyl halides is 5. The van der Waals surface area contributed by atoms with Crippen LogP contribution < -0.4 is 5.01 Å². The molecule has 4 nitrogen and oxygen atoms in total. The molecule has 0 aliphatic carbocycles. The van der Waals surface area contributed by atoms with Gasteiger partial charge in [-0.05, 0) is 31.2 Å². The number of hydrogen-bond acceptors (Lipinski definition) is 4. The van der Waals surface area contributed by atoms with Gasteiger partial charge in [-0.25, -0.2) is 0 Å². The first-order valence-electron chi connectivity index (χ1n) is 10.1. The number of carbonyl (C=O) groups excluding carboxylic acids is 1. The number of hydrazone groups is 1. The number of ketones is 1. The summed E-state index contributed by atoms with van der Waals surface area (Å²) in [4.78, 5) is 16.0. The third kappa shape index (κ3) is 4.40. The number of anilines is 1. The Labute approximate surface area is 196 Å². The maximum Gasteiger partial charge on any atom is 0.459 e. The van der Waals surface area contributed by atoms with Crippen molar-refractivity contribution < 1.29 is 26.7 Å². The van der Waals surface area contributed by atoms with Crippen LogP contribution in [0.3, 0.4) is 0 Å². The first kappa shape index (κ1) is 23.8. The first-order chi connectivity index (χ1) is 16.0. The Morgan fingerprint density at radius 3 is 2.26 bits per heavy atom. The van der Waals surface area contributed by atoms with E-state index in [9.17, 15) is 26.7 Å². The fourth-order valence-corrected chi connectivity index (χ4v) is 3.85. The van der Waals surface area contributed by atoms with E-state index in [1.54, 1.807) is 48.5 Å². The number of rotatable bonds is 5. The summed E-state index contributed by atoms with van der Waals surface area (Å²) in [7, 11) is 0. The van der Waals surface area contributed by atoms with Crippen molar-refractivity contribution in [2.45, 2.75) is 31.5 Å². The van der Waals surface area contributed by atoms with Gasteiger partial charge in [0.1, 0.15) is 11.8 Å². The molecular weight excluding hydrogens is 477 g/mol. The molecule has 0 radical (unpaired) electrons. The number of carbonyl (C=O) groups is 1. The number of para-hydroxylation sites is 1. The molecule has 0 bridgehead atoms. The van der Waals surface area contributed by atoms with E-state index in [0.717, 1.165) is 5.01 Å². The average molecular weight is 494 g/mol. The second-order valence-corrected chi connectivity index (χ2v) is 8.12. The predicted molar refractivity (Wildman–Crippen MR) is 119 cm³/mol. The van der Waals surface area contributed by atoms with Crippen LogP contribution in [0.25, 0.3) is 11.3 Å². The normalized spacial score (nSPS) is 16.5. The lowest BCUT2D eigenvalue weighted by Crippen LogP contribution is -2.43. The van der Waals surface area contributed by atoms with E-state index in [-0.39, 0.29) is 22.2 Å². The SMILES string of the molecule is CC(=O)c1ccc(-c2cccc(C3CC(C(F)(F)C(F)(F)F)=NN3c3ccccc3Cl)n2)cc1. The molecule has 1 aliphatic heterocycles. The van der Waals surface area contributed by atoms with Crippen molar-refractivity contribution in [2.24, 2.45) is 5.10 Å². The lowest BCUT2D eigenvalue weighted by Gasteiger charge is -2.24. The summed E-state index contributed by atoms with van der Waals surface area (Å²) < 4.78 is 67.6. The van der Waals surface area contributed by atoms with Gasteiger partial charge in [-0.1, -0.05) is 54.1 Å². The molecule has 0 saturated carbocycles. The van der Waals surface area contributed by atoms with Crippen LogP contribution in [0.4, 0.5) is 27.6 Å². The summed E-state index contributed by atoms with van der Waals surface area (Å²) in [6, 6.07) is 16.6. The zero-order valence-electron chi connectivity index (χ0n) is 17.7. The van der Waals surface area contributed by atoms with E-state index in [1.165, 1.54) is 25.1 Å². The van der Waals surface area contributed by atoms with Crippen LogP contribution in [0, 0.1) is 0 Å². The van der Waals surface area contributed by atoms with Crippen LogP contribution in [-0.4, -0.2) is 28.6 Å². The molecule has 10 heteroatoms. The van der Waals surface area contributed by atoms with Crippen LogP contribution in [0.5, 0.6) is 0 Å². The largest absolute Gasteiger partial charge is 0.459 e. The van der Waals surface area contributed by atoms with Crippen molar-refractivity contribution in [3.63, 3.8) is 0 Å². The van der Waals surface area contributed by atoms with Crippen molar-refractivity contribution in [1.29, 1.82) is 0 Å². The van der Waals surface area contributed by atoms with E-state index in [2.05, 4.69) is 10.1 Å². The van der Waals surface area contributed by atoms with Crippen molar-refractivity contribution in [3.05, 3.63) is 83.0 Å². The molecule has 0 spiro atoms. The van der Waals surface area contributed by atoms with Crippen LogP contribution in [0.15, 0.2) is 71.8 Å². The number of pyridine rings is 1. The van der Waals surface area contributed by atoms with Crippen molar-refractivity contribution in [3.8, 4) is 11.3 Å². The van der Waals surface area contributed by atoms with Crippen LogP contribution in [0.1, 0.15) is 35.4 Å². The maximum atomic E-state index is 14.2. The van der Waals surface area contributed by atoms with Crippen molar-refractivity contribution >= 4 is 28.8 Å². The van der Waals surface area contributed by atoms with Gasteiger partial charge in [-0.3, -0.25) is 14.8 Å². The molecule has 1 atom stereocenters. The molecule has 0 amide bonds. The van der Waals surface area contributed by atoms with Gasteiger partial charge in [0.15, 0.2) is 5.78 Å². The minimum absolute atomic E-state index is 0.107. The fraction of sp³-hybridized carbons (Fsp3) is 0.208. The molecule has 2 aromatic carbocycles. The fourth-order valence-electron chi connectivity index (χ4n) is 3.63. The summed E-state index contributed by atoms with van der Waals surface area (Å²) in [6.45, 7) is 1.44. The maximum absolute atomic E-state index is 14.2. The van der Waals surface area contributed by atoms with E-state index in [0.29, 0.717) is 16.8 Å². The summed E-state index contributed by atoms with van der Waals surface area (Å²) in [5.41, 5.74) is 0.722. The number of benzene rings is 2. The number of hydrogen-bond donors (Lipinski definition) is 0. The second kappa shape index (κ2) is 8.79. The van der Waals surface area contributed by atoms with Crippen molar-refractivity contribution in [2.75, 3.05) is 5.01 Å². The van der Waals surface area contributed by atoms with Gasteiger partial charge in [-0.15, -0.1) is 0 Å². The second-order valence-electron chi connectivity index (χ2n) is 7.72. The van der Waals surface area contributed by atoms with Crippen molar-refractivity contribution in [1.82, 2.24) is 4.98 Å². The molecule has 1 aliphatic rings. The Morgan fingerprint density at radius 2 is 1.65 bits per heavy atom. The quantitative estimate of drug-likeness (QED) is 0.281. The molecule has 34 heavy (non-hydrogen) atoms. The molecule has 4 rings (SSSR count). The molecule has 0 fully saturated rings. The standard InChI is InChI=1S/C24H17ClF5N3O/c1-14(34)15-9-11-16(12-10-15)18-6-4-7-19(31-18)21-13-22(23(26,27)24(28,29)30)32-33(21)20-8-3-2-5-17(20)25/h2-12,21H,13H2,1H3. The Hall–Kier alpha value is -3.33. The highest BCUT2D eigenvalue weighted by atomic mass is 35.5. The van der Waals surface area contributed by atoms with E-state index < -0.39 is 30.3 Å². The smallest absolute Gasteiger partial charge is 0.295 e. The zero-order valence-corrected chi connectivity index (χ0v) is 18.4. The molecule has 1 unspecified atom stereocenters. The van der Waals surface area contributed by atoms with E-state index in [4.69, 9.17) is 11.6 Å². The van der Waals surface area contributed by atoms with Gasteiger partial charge in [0, 0.05) is 17.5 Å². The number of halogens is 6. The highest BCUT2D eigenvalue weighted by molar-refractivity contribution is 6.33. The van der Waals surface area contributed by atoms with Crippen LogP contribution >= 0.6 is 11.6 Å². The van der Waals surface area contributed by atoms with Crippen LogP contribution in [0.2, 0.25) is 5.02 Å². The third-order valence-corrected chi connectivity index (χ3v) is 5.75. The van der Waals surface area contributed by atoms with E-state index >= 15 is 0 Å². The molecule has 1 aromatic heterocycles. The lowest BCUT2D eigenvalue weighted by molar-refractivity contribution is -0.249. The van der Waals surface area contributed by atoms with Gasteiger partial charge < -0.3 is 0 Å². The molecular formula is C24H17ClF5N3O. The third-order valence-electron chi connectivity index (χ3n) is 5.43. The van der Waals surface area contributed by atoms with Gasteiger partial charge in [0.2, 0.25) is 0 Å². The van der Waals surface area contributed by atoms with E-state index in [1.807, 2.05) is 0 Å². The number of nitrogens with zero attached hydrogens (tertiary/aromatic N) is 3. The Kier molecular flexibility index (Phi) is 6.16. The van der Waals surface area contributed by atoms with Gasteiger partial charge >= 0.3 is 12.1 Å². The molecule has 2 heterocycles. The first-order valence-corrected chi connectivity index (χ1v) is 10.5. The molecule has 0 saturated heterocycles. The Morgan fingerprint density at radius 1 is 0.971 bits per heavy atom. The minimum atomic E-state index is -5.79. The lowest BCUT2D eigenvalue weighted by atomic mass is 10.0.